The molecule has 62 valence electrons. The molecule has 0 aromatic carbocycles. The van der Waals surface area contributed by atoms with Crippen LogP contribution < -0.4 is 11.6 Å². The van der Waals surface area contributed by atoms with Gasteiger partial charge in [0.15, 0.2) is 0 Å². The van der Waals surface area contributed by atoms with Crippen LogP contribution in [0.2, 0.25) is 0 Å². The lowest BCUT2D eigenvalue weighted by Crippen LogP contribution is -2.35. The van der Waals surface area contributed by atoms with Gasteiger partial charge in [0.25, 0.3) is 5.79 Å². The summed E-state index contributed by atoms with van der Waals surface area (Å²) < 4.78 is 1.15. The molecule has 8 nitrogen and oxygen atoms in total. The van der Waals surface area contributed by atoms with Crippen molar-refractivity contribution in [2.75, 3.05) is 5.84 Å². The van der Waals surface area contributed by atoms with Crippen molar-refractivity contribution in [2.45, 2.75) is 5.79 Å². The first-order chi connectivity index (χ1) is 5.72. The summed E-state index contributed by atoms with van der Waals surface area (Å²) in [5, 5.41) is 14.4. The minimum atomic E-state index is -1.30. The van der Waals surface area contributed by atoms with E-state index in [1.54, 1.807) is 0 Å². The van der Waals surface area contributed by atoms with Crippen molar-refractivity contribution in [2.24, 2.45) is 21.0 Å². The van der Waals surface area contributed by atoms with E-state index in [-0.39, 0.29) is 5.82 Å². The van der Waals surface area contributed by atoms with Gasteiger partial charge in [0, 0.05) is 0 Å². The lowest BCUT2D eigenvalue weighted by molar-refractivity contribution is 0.448. The predicted octanol–water partition coefficient (Wildman–Crippen LogP) is -1.44. The fraction of sp³-hybridized carbons (Fsp3) is 0.250. The van der Waals surface area contributed by atoms with E-state index in [4.69, 9.17) is 11.6 Å². The van der Waals surface area contributed by atoms with Crippen molar-refractivity contribution >= 4 is 6.34 Å². The zero-order valence-electron chi connectivity index (χ0n) is 5.99. The van der Waals surface area contributed by atoms with E-state index in [0.717, 1.165) is 4.68 Å². The van der Waals surface area contributed by atoms with Gasteiger partial charge in [-0.05, 0) is 0 Å². The van der Waals surface area contributed by atoms with Crippen molar-refractivity contribution in [3.05, 3.63) is 12.2 Å². The van der Waals surface area contributed by atoms with Gasteiger partial charge in [0.2, 0.25) is 5.82 Å². The van der Waals surface area contributed by atoms with Crippen molar-refractivity contribution < 1.29 is 0 Å². The molecule has 1 aliphatic rings. The number of aliphatic imine (C=N–C) groups is 1. The van der Waals surface area contributed by atoms with Crippen LogP contribution in [0.3, 0.4) is 0 Å². The maximum atomic E-state index is 5.66. The van der Waals surface area contributed by atoms with E-state index < -0.39 is 5.79 Å². The van der Waals surface area contributed by atoms with E-state index in [1.807, 2.05) is 0 Å². The molecule has 12 heavy (non-hydrogen) atoms. The topological polar surface area (TPSA) is 120 Å². The summed E-state index contributed by atoms with van der Waals surface area (Å²) >= 11 is 0. The Bertz CT molecular complexity index is 336. The molecule has 1 aromatic rings. The molecule has 1 unspecified atom stereocenters. The Hall–Kier alpha value is -1.83. The van der Waals surface area contributed by atoms with Crippen molar-refractivity contribution in [1.82, 2.24) is 14.9 Å². The predicted molar refractivity (Wildman–Crippen MR) is 39.4 cm³/mol. The molecule has 2 rings (SSSR count). The smallest absolute Gasteiger partial charge is 0.286 e. The van der Waals surface area contributed by atoms with E-state index in [0.29, 0.717) is 0 Å². The zero-order chi connectivity index (χ0) is 8.60. The molecule has 1 aromatic heterocycles. The van der Waals surface area contributed by atoms with Gasteiger partial charge in [-0.15, -0.1) is 20.4 Å². The van der Waals surface area contributed by atoms with Crippen LogP contribution in [0, 0.1) is 0 Å². The average Bonchev–Trinajstić information content (AvgIpc) is 2.59. The highest BCUT2D eigenvalue weighted by Crippen LogP contribution is 2.20. The Morgan fingerprint density at radius 1 is 1.50 bits per heavy atom. The molecule has 0 aliphatic carbocycles. The third-order valence-corrected chi connectivity index (χ3v) is 1.42. The van der Waals surface area contributed by atoms with Crippen molar-refractivity contribution in [1.29, 1.82) is 0 Å². The van der Waals surface area contributed by atoms with Crippen LogP contribution in [-0.4, -0.2) is 21.2 Å². The summed E-state index contributed by atoms with van der Waals surface area (Å²) in [7, 11) is 0. The van der Waals surface area contributed by atoms with Gasteiger partial charge >= 0.3 is 0 Å². The molecule has 0 fully saturated rings. The standard InChI is InChI=1S/C4H6N8/c5-4(7-1-8-11-4)3-10-9-2-12(3)6/h1-2H,5-6H2. The largest absolute Gasteiger partial charge is 0.336 e. The maximum Gasteiger partial charge on any atom is 0.286 e. The minimum absolute atomic E-state index is 0.250. The molecular formula is C4H6N8. The molecule has 0 saturated heterocycles. The first-order valence-electron chi connectivity index (χ1n) is 3.12. The second-order valence-electron chi connectivity index (χ2n) is 2.25. The molecule has 2 heterocycles. The van der Waals surface area contributed by atoms with E-state index in [9.17, 15) is 0 Å². The van der Waals surface area contributed by atoms with Crippen LogP contribution in [-0.2, 0) is 5.79 Å². The Balaban J connectivity index is 2.49. The summed E-state index contributed by atoms with van der Waals surface area (Å²) in [4.78, 5) is 3.79. The molecule has 1 atom stereocenters. The number of aromatic nitrogens is 3. The second-order valence-corrected chi connectivity index (χ2v) is 2.25. The minimum Gasteiger partial charge on any atom is -0.336 e. The van der Waals surface area contributed by atoms with Crippen LogP contribution in [0.5, 0.6) is 0 Å². The van der Waals surface area contributed by atoms with E-state index in [2.05, 4.69) is 25.4 Å². The van der Waals surface area contributed by atoms with Crippen LogP contribution in [0.4, 0.5) is 0 Å². The summed E-state index contributed by atoms with van der Waals surface area (Å²) in [6, 6.07) is 0. The van der Waals surface area contributed by atoms with Gasteiger partial charge in [-0.25, -0.2) is 9.67 Å². The molecular weight excluding hydrogens is 160 g/mol. The summed E-state index contributed by atoms with van der Waals surface area (Å²) in [5.74, 6) is 4.39. The van der Waals surface area contributed by atoms with Gasteiger partial charge in [-0.1, -0.05) is 0 Å². The Morgan fingerprint density at radius 3 is 2.83 bits per heavy atom. The van der Waals surface area contributed by atoms with Crippen LogP contribution in [0.1, 0.15) is 5.82 Å². The third kappa shape index (κ3) is 0.782. The van der Waals surface area contributed by atoms with Gasteiger partial charge in [-0.2, -0.15) is 0 Å². The van der Waals surface area contributed by atoms with Crippen molar-refractivity contribution in [3.63, 3.8) is 0 Å². The van der Waals surface area contributed by atoms with Gasteiger partial charge < -0.3 is 5.84 Å². The highest BCUT2D eigenvalue weighted by molar-refractivity contribution is 5.57. The number of rotatable bonds is 1. The maximum absolute atomic E-state index is 5.66. The lowest BCUT2D eigenvalue weighted by atomic mass is 10.4. The number of nitrogen functional groups attached to an aromatic ring is 1. The number of hydrogen-bond donors (Lipinski definition) is 2. The Labute approximate surface area is 67.0 Å². The second kappa shape index (κ2) is 2.08. The lowest BCUT2D eigenvalue weighted by Gasteiger charge is -2.12. The first-order valence-corrected chi connectivity index (χ1v) is 3.12. The van der Waals surface area contributed by atoms with Crippen LogP contribution in [0.25, 0.3) is 0 Å². The molecule has 1 aliphatic heterocycles. The van der Waals surface area contributed by atoms with E-state index >= 15 is 0 Å². The van der Waals surface area contributed by atoms with Crippen LogP contribution in [0.15, 0.2) is 21.5 Å². The Morgan fingerprint density at radius 2 is 2.33 bits per heavy atom. The summed E-state index contributed by atoms with van der Waals surface area (Å²) in [6.45, 7) is 0. The number of hydrogen-bond acceptors (Lipinski definition) is 7. The van der Waals surface area contributed by atoms with Gasteiger partial charge in [0.1, 0.15) is 12.7 Å². The monoisotopic (exact) mass is 166 g/mol. The average molecular weight is 166 g/mol. The van der Waals surface area contributed by atoms with Gasteiger partial charge in [0.05, 0.1) is 0 Å². The van der Waals surface area contributed by atoms with E-state index in [1.165, 1.54) is 12.7 Å². The molecule has 0 spiro atoms. The molecule has 4 N–H and O–H groups in total. The van der Waals surface area contributed by atoms with Gasteiger partial charge in [-0.3, -0.25) is 5.73 Å². The molecule has 0 bridgehead atoms. The first kappa shape index (κ1) is 6.85. The van der Waals surface area contributed by atoms with Crippen LogP contribution >= 0.6 is 0 Å². The Kier molecular flexibility index (Phi) is 1.19. The molecule has 8 heteroatoms. The number of nitrogens with two attached hydrogens (primary N) is 2. The fourth-order valence-corrected chi connectivity index (χ4v) is 0.862. The summed E-state index contributed by atoms with van der Waals surface area (Å²) in [5.41, 5.74) is 5.66. The third-order valence-electron chi connectivity index (χ3n) is 1.42. The normalized spacial score (nSPS) is 26.8. The number of nitrogens with zero attached hydrogens (tertiary/aromatic N) is 6. The number of azo groups is 1. The zero-order valence-corrected chi connectivity index (χ0v) is 5.99. The molecule has 0 amide bonds. The summed E-state index contributed by atoms with van der Waals surface area (Å²) in [6.07, 6.45) is 2.56. The molecule has 0 saturated carbocycles. The highest BCUT2D eigenvalue weighted by Gasteiger charge is 2.33. The molecule has 0 radical (unpaired) electrons. The highest BCUT2D eigenvalue weighted by atomic mass is 15.5. The fourth-order valence-electron chi connectivity index (χ4n) is 0.862. The quantitative estimate of drug-likeness (QED) is 0.496. The van der Waals surface area contributed by atoms with Crippen molar-refractivity contribution in [3.8, 4) is 0 Å². The SMILES string of the molecule is Nn1cnnc1C1(N)N=CN=N1.